The lowest BCUT2D eigenvalue weighted by molar-refractivity contribution is -0.118. The molecular weight excluding hydrogens is 206 g/mol. The molecule has 0 aromatic rings. The first-order valence-corrected chi connectivity index (χ1v) is 5.82. The molecule has 1 aliphatic heterocycles. The summed E-state index contributed by atoms with van der Waals surface area (Å²) in [5.74, 6) is -0.196. The lowest BCUT2D eigenvalue weighted by Gasteiger charge is -2.09. The van der Waals surface area contributed by atoms with Gasteiger partial charge in [0.25, 0.3) is 0 Å². The molecule has 1 amide bonds. The molecule has 94 valence electrons. The van der Waals surface area contributed by atoms with E-state index in [4.69, 9.17) is 15.2 Å². The minimum atomic E-state index is -0.196. The molecule has 4 heteroatoms. The van der Waals surface area contributed by atoms with Crippen LogP contribution in [0.2, 0.25) is 0 Å². The highest BCUT2D eigenvalue weighted by Gasteiger charge is 1.94. The predicted molar refractivity (Wildman–Crippen MR) is 64.1 cm³/mol. The summed E-state index contributed by atoms with van der Waals surface area (Å²) < 4.78 is 9.89. The van der Waals surface area contributed by atoms with E-state index in [0.29, 0.717) is 6.42 Å². The summed E-state index contributed by atoms with van der Waals surface area (Å²) in [5, 5.41) is 0. The summed E-state index contributed by atoms with van der Waals surface area (Å²) in [6.45, 7) is 6.71. The molecule has 1 heterocycles. The Morgan fingerprint density at radius 2 is 1.69 bits per heavy atom. The Morgan fingerprint density at radius 3 is 2.06 bits per heavy atom. The minimum Gasteiger partial charge on any atom is -0.377 e. The van der Waals surface area contributed by atoms with Crippen molar-refractivity contribution in [3.05, 3.63) is 12.7 Å². The van der Waals surface area contributed by atoms with E-state index in [1.54, 1.807) is 0 Å². The summed E-state index contributed by atoms with van der Waals surface area (Å²) in [5.41, 5.74) is 4.95. The van der Waals surface area contributed by atoms with Crippen molar-refractivity contribution in [2.45, 2.75) is 32.1 Å². The van der Waals surface area contributed by atoms with Gasteiger partial charge in [-0.25, -0.2) is 0 Å². The van der Waals surface area contributed by atoms with Crippen LogP contribution in [0.25, 0.3) is 0 Å². The van der Waals surface area contributed by atoms with Gasteiger partial charge in [0.05, 0.1) is 26.4 Å². The van der Waals surface area contributed by atoms with Gasteiger partial charge in [-0.05, 0) is 19.3 Å². The van der Waals surface area contributed by atoms with Gasteiger partial charge in [0, 0.05) is 6.42 Å². The fourth-order valence-corrected chi connectivity index (χ4v) is 1.20. The molecule has 0 saturated carbocycles. The maximum atomic E-state index is 10.2. The molecule has 4 nitrogen and oxygen atoms in total. The van der Waals surface area contributed by atoms with Gasteiger partial charge in [-0.3, -0.25) is 4.79 Å². The normalized spacial score (nSPS) is 14.8. The van der Waals surface area contributed by atoms with Crippen LogP contribution in [-0.2, 0) is 14.3 Å². The van der Waals surface area contributed by atoms with Crippen LogP contribution in [0, 0.1) is 0 Å². The second-order valence-corrected chi connectivity index (χ2v) is 3.58. The molecule has 0 atom stereocenters. The molecule has 1 fully saturated rings. The Morgan fingerprint density at radius 1 is 1.12 bits per heavy atom. The molecule has 0 aliphatic carbocycles. The molecule has 2 N–H and O–H groups in total. The molecule has 0 unspecified atom stereocenters. The number of hydrogen-bond acceptors (Lipinski definition) is 3. The zero-order chi connectivity index (χ0) is 12.1. The third-order valence-corrected chi connectivity index (χ3v) is 2.08. The number of primary amides is 1. The monoisotopic (exact) mass is 229 g/mol. The maximum Gasteiger partial charge on any atom is 0.217 e. The highest BCUT2D eigenvalue weighted by Crippen LogP contribution is 2.01. The summed E-state index contributed by atoms with van der Waals surface area (Å²) in [6.07, 6.45) is 6.58. The largest absolute Gasteiger partial charge is 0.377 e. The summed E-state index contributed by atoms with van der Waals surface area (Å²) in [6, 6.07) is 0. The van der Waals surface area contributed by atoms with Crippen molar-refractivity contribution in [1.29, 1.82) is 0 Å². The maximum absolute atomic E-state index is 10.2. The fourth-order valence-electron chi connectivity index (χ4n) is 1.20. The fraction of sp³-hybridized carbons (Fsp3) is 0.750. The second-order valence-electron chi connectivity index (χ2n) is 3.58. The van der Waals surface area contributed by atoms with E-state index in [9.17, 15) is 4.79 Å². The first-order chi connectivity index (χ1) is 7.77. The van der Waals surface area contributed by atoms with E-state index in [-0.39, 0.29) is 5.91 Å². The van der Waals surface area contributed by atoms with Crippen molar-refractivity contribution < 1.29 is 14.3 Å². The molecule has 16 heavy (non-hydrogen) atoms. The standard InChI is InChI=1S/C8H15NO.C4H8O2/c1-2-3-4-5-6-7-8(9)10;1-2-6-4-3-5-1/h2H,1,3-7H2,(H2,9,10);1-4H2. The predicted octanol–water partition coefficient (Wildman–Crippen LogP) is 1.64. The molecule has 0 bridgehead atoms. The minimum absolute atomic E-state index is 0.196. The van der Waals surface area contributed by atoms with Crippen molar-refractivity contribution >= 4 is 5.91 Å². The van der Waals surface area contributed by atoms with Gasteiger partial charge in [-0.2, -0.15) is 0 Å². The SMILES string of the molecule is C1COCCO1.C=CCCCCCC(N)=O. The molecular formula is C12H23NO3. The average Bonchev–Trinajstić information content (AvgIpc) is 2.31. The highest BCUT2D eigenvalue weighted by atomic mass is 16.6. The molecule has 1 rings (SSSR count). The van der Waals surface area contributed by atoms with E-state index >= 15 is 0 Å². The Balaban J connectivity index is 0.000000315. The summed E-state index contributed by atoms with van der Waals surface area (Å²) in [7, 11) is 0. The zero-order valence-electron chi connectivity index (χ0n) is 9.95. The number of carbonyl (C=O) groups is 1. The number of amides is 1. The first-order valence-electron chi connectivity index (χ1n) is 5.82. The Labute approximate surface area is 97.8 Å². The van der Waals surface area contributed by atoms with E-state index < -0.39 is 0 Å². The number of hydrogen-bond donors (Lipinski definition) is 1. The topological polar surface area (TPSA) is 61.6 Å². The van der Waals surface area contributed by atoms with Crippen LogP contribution in [0.15, 0.2) is 12.7 Å². The number of carbonyl (C=O) groups excluding carboxylic acids is 1. The van der Waals surface area contributed by atoms with Crippen LogP contribution >= 0.6 is 0 Å². The number of unbranched alkanes of at least 4 members (excludes halogenated alkanes) is 3. The third-order valence-electron chi connectivity index (χ3n) is 2.08. The summed E-state index contributed by atoms with van der Waals surface area (Å²) in [4.78, 5) is 10.2. The van der Waals surface area contributed by atoms with E-state index in [1.165, 1.54) is 0 Å². The van der Waals surface area contributed by atoms with Gasteiger partial charge in [0.15, 0.2) is 0 Å². The van der Waals surface area contributed by atoms with Crippen molar-refractivity contribution in [1.82, 2.24) is 0 Å². The van der Waals surface area contributed by atoms with Gasteiger partial charge in [0.2, 0.25) is 5.91 Å². The number of nitrogens with two attached hydrogens (primary N) is 1. The van der Waals surface area contributed by atoms with Gasteiger partial charge in [-0.15, -0.1) is 6.58 Å². The first kappa shape index (κ1) is 15.1. The van der Waals surface area contributed by atoms with Gasteiger partial charge >= 0.3 is 0 Å². The Bertz CT molecular complexity index is 168. The number of allylic oxidation sites excluding steroid dienone is 1. The van der Waals surface area contributed by atoms with Crippen LogP contribution in [0.4, 0.5) is 0 Å². The zero-order valence-corrected chi connectivity index (χ0v) is 9.95. The number of rotatable bonds is 6. The van der Waals surface area contributed by atoms with Crippen molar-refractivity contribution in [2.24, 2.45) is 5.73 Å². The molecule has 0 aromatic heterocycles. The van der Waals surface area contributed by atoms with Gasteiger partial charge in [-0.1, -0.05) is 12.5 Å². The highest BCUT2D eigenvalue weighted by molar-refractivity contribution is 5.73. The van der Waals surface area contributed by atoms with Gasteiger partial charge < -0.3 is 15.2 Å². The third kappa shape index (κ3) is 13.1. The lowest BCUT2D eigenvalue weighted by Crippen LogP contribution is -2.16. The van der Waals surface area contributed by atoms with Crippen LogP contribution in [0.3, 0.4) is 0 Å². The summed E-state index contributed by atoms with van der Waals surface area (Å²) >= 11 is 0. The molecule has 1 saturated heterocycles. The number of ether oxygens (including phenoxy) is 2. The van der Waals surface area contributed by atoms with E-state index in [2.05, 4.69) is 6.58 Å². The second kappa shape index (κ2) is 12.2. The molecule has 0 spiro atoms. The van der Waals surface area contributed by atoms with Crippen molar-refractivity contribution in [3.63, 3.8) is 0 Å². The van der Waals surface area contributed by atoms with Crippen LogP contribution in [-0.4, -0.2) is 32.3 Å². The van der Waals surface area contributed by atoms with E-state index in [1.807, 2.05) is 6.08 Å². The molecule has 0 aromatic carbocycles. The van der Waals surface area contributed by atoms with Crippen molar-refractivity contribution in [3.8, 4) is 0 Å². The molecule has 0 radical (unpaired) electrons. The smallest absolute Gasteiger partial charge is 0.217 e. The quantitative estimate of drug-likeness (QED) is 0.556. The average molecular weight is 229 g/mol. The van der Waals surface area contributed by atoms with Crippen molar-refractivity contribution in [2.75, 3.05) is 26.4 Å². The Kier molecular flexibility index (Phi) is 11.5. The van der Waals surface area contributed by atoms with Crippen LogP contribution in [0.5, 0.6) is 0 Å². The van der Waals surface area contributed by atoms with Crippen LogP contribution < -0.4 is 5.73 Å². The lowest BCUT2D eigenvalue weighted by atomic mass is 10.1. The molecule has 1 aliphatic rings. The van der Waals surface area contributed by atoms with Gasteiger partial charge in [0.1, 0.15) is 0 Å². The van der Waals surface area contributed by atoms with Crippen LogP contribution in [0.1, 0.15) is 32.1 Å². The Hall–Kier alpha value is -0.870. The van der Waals surface area contributed by atoms with E-state index in [0.717, 1.165) is 52.1 Å².